The van der Waals surface area contributed by atoms with Crippen LogP contribution in [0.4, 0.5) is 23.1 Å². The summed E-state index contributed by atoms with van der Waals surface area (Å²) in [6.07, 6.45) is 0.828. The molecule has 1 heterocycles. The Labute approximate surface area is 229 Å². The molecule has 5 aromatic rings. The highest BCUT2D eigenvalue weighted by atomic mass is 35.5. The van der Waals surface area contributed by atoms with E-state index in [0.717, 1.165) is 40.3 Å². The summed E-state index contributed by atoms with van der Waals surface area (Å²) in [5, 5.41) is 7.74. The lowest BCUT2D eigenvalue weighted by molar-refractivity contribution is 0.107. The third-order valence-electron chi connectivity index (χ3n) is 5.81. The van der Waals surface area contributed by atoms with Crippen LogP contribution in [0.15, 0.2) is 103 Å². The molecule has 2 N–H and O–H groups in total. The topological polar surface area (TPSA) is 68.3 Å². The number of benzene rings is 4. The van der Waals surface area contributed by atoms with Gasteiger partial charge in [-0.2, -0.15) is 4.98 Å². The summed E-state index contributed by atoms with van der Waals surface area (Å²) >= 11 is 0. The molecule has 0 bridgehead atoms. The third kappa shape index (κ3) is 7.44. The highest BCUT2D eigenvalue weighted by Gasteiger charge is 2.09. The third-order valence-corrected chi connectivity index (χ3v) is 5.81. The van der Waals surface area contributed by atoms with Crippen molar-refractivity contribution in [1.29, 1.82) is 0 Å². The Hall–Kier alpha value is -4.13. The molecule has 0 fully saturated rings. The van der Waals surface area contributed by atoms with Crippen LogP contribution in [0.5, 0.6) is 5.75 Å². The van der Waals surface area contributed by atoms with Gasteiger partial charge in [-0.15, -0.1) is 12.4 Å². The van der Waals surface area contributed by atoms with Crippen molar-refractivity contribution < 1.29 is 9.47 Å². The van der Waals surface area contributed by atoms with Crippen LogP contribution < -0.4 is 15.4 Å². The van der Waals surface area contributed by atoms with Gasteiger partial charge in [0.05, 0.1) is 25.3 Å². The van der Waals surface area contributed by atoms with E-state index < -0.39 is 0 Å². The molecular formula is C31H31ClN4O2. The first-order chi connectivity index (χ1) is 18.2. The predicted octanol–water partition coefficient (Wildman–Crippen LogP) is 7.83. The van der Waals surface area contributed by atoms with Crippen LogP contribution in [-0.4, -0.2) is 23.2 Å². The fraction of sp³-hybridized carbons (Fsp3) is 0.161. The Kier molecular flexibility index (Phi) is 9.51. The first-order valence-electron chi connectivity index (χ1n) is 12.4. The largest absolute Gasteiger partial charge is 0.494 e. The molecule has 0 spiro atoms. The molecule has 1 aromatic heterocycles. The molecule has 6 nitrogen and oxygen atoms in total. The van der Waals surface area contributed by atoms with Gasteiger partial charge in [0.2, 0.25) is 5.95 Å². The van der Waals surface area contributed by atoms with Gasteiger partial charge in [0.25, 0.3) is 0 Å². The molecular weight excluding hydrogens is 496 g/mol. The van der Waals surface area contributed by atoms with Crippen molar-refractivity contribution in [1.82, 2.24) is 9.97 Å². The number of ether oxygens (including phenoxy) is 2. The highest BCUT2D eigenvalue weighted by Crippen LogP contribution is 2.27. The maximum absolute atomic E-state index is 5.87. The molecule has 194 valence electrons. The Morgan fingerprint density at radius 3 is 2.32 bits per heavy atom. The molecule has 0 aliphatic rings. The first kappa shape index (κ1) is 26.9. The number of aromatic nitrogens is 2. The van der Waals surface area contributed by atoms with Crippen LogP contribution >= 0.6 is 12.4 Å². The summed E-state index contributed by atoms with van der Waals surface area (Å²) in [4.78, 5) is 9.47. The minimum Gasteiger partial charge on any atom is -0.494 e. The zero-order valence-corrected chi connectivity index (χ0v) is 22.1. The lowest BCUT2D eigenvalue weighted by Gasteiger charge is -2.13. The fourth-order valence-corrected chi connectivity index (χ4v) is 3.97. The van der Waals surface area contributed by atoms with E-state index in [-0.39, 0.29) is 12.4 Å². The zero-order valence-electron chi connectivity index (χ0n) is 21.3. The van der Waals surface area contributed by atoms with E-state index in [1.807, 2.05) is 78.9 Å². The maximum atomic E-state index is 5.87. The van der Waals surface area contributed by atoms with Crippen molar-refractivity contribution in [3.8, 4) is 5.75 Å². The van der Waals surface area contributed by atoms with Crippen molar-refractivity contribution in [2.45, 2.75) is 20.0 Å². The summed E-state index contributed by atoms with van der Waals surface area (Å²) in [5.41, 5.74) is 5.10. The van der Waals surface area contributed by atoms with Crippen molar-refractivity contribution in [3.63, 3.8) is 0 Å². The molecule has 38 heavy (non-hydrogen) atoms. The number of aryl methyl sites for hydroxylation is 1. The lowest BCUT2D eigenvalue weighted by atomic mass is 10.2. The van der Waals surface area contributed by atoms with Gasteiger partial charge < -0.3 is 20.1 Å². The molecule has 7 heteroatoms. The van der Waals surface area contributed by atoms with E-state index in [0.29, 0.717) is 25.8 Å². The van der Waals surface area contributed by atoms with E-state index in [1.54, 1.807) is 0 Å². The second-order valence-corrected chi connectivity index (χ2v) is 8.80. The Morgan fingerprint density at radius 1 is 0.711 bits per heavy atom. The van der Waals surface area contributed by atoms with Crippen LogP contribution in [0, 0.1) is 6.92 Å². The molecule has 0 radical (unpaired) electrons. The van der Waals surface area contributed by atoms with Crippen molar-refractivity contribution >= 4 is 46.5 Å². The summed E-state index contributed by atoms with van der Waals surface area (Å²) < 4.78 is 11.6. The summed E-state index contributed by atoms with van der Waals surface area (Å²) in [6, 6.07) is 34.2. The molecule has 4 aromatic carbocycles. The smallest absolute Gasteiger partial charge is 0.229 e. The van der Waals surface area contributed by atoms with Crippen molar-refractivity contribution in [3.05, 3.63) is 114 Å². The van der Waals surface area contributed by atoms with E-state index in [9.17, 15) is 0 Å². The van der Waals surface area contributed by atoms with Crippen LogP contribution in [0.2, 0.25) is 0 Å². The number of anilines is 4. The standard InChI is InChI=1S/C31H30N4O2.ClH/c1-23-9-7-12-26(21-23)32-30-28-13-5-6-14-29(28)34-31(35-30)33-25-15-17-27(18-16-25)37-20-8-19-36-22-24-10-3-2-4-11-24;/h2-7,9-18,21H,8,19-20,22H2,1H3,(H2,32,33,34,35);1H. The molecule has 0 saturated heterocycles. The lowest BCUT2D eigenvalue weighted by Crippen LogP contribution is -2.04. The minimum atomic E-state index is 0. The molecule has 0 aliphatic heterocycles. The number of nitrogens with zero attached hydrogens (tertiary/aromatic N) is 2. The number of nitrogens with one attached hydrogen (secondary N) is 2. The second-order valence-electron chi connectivity index (χ2n) is 8.80. The van der Waals surface area contributed by atoms with E-state index in [4.69, 9.17) is 19.4 Å². The Morgan fingerprint density at radius 2 is 1.50 bits per heavy atom. The molecule has 0 saturated carbocycles. The quantitative estimate of drug-likeness (QED) is 0.171. The maximum Gasteiger partial charge on any atom is 0.229 e. The normalized spacial score (nSPS) is 10.6. The highest BCUT2D eigenvalue weighted by molar-refractivity contribution is 5.92. The van der Waals surface area contributed by atoms with Gasteiger partial charge >= 0.3 is 0 Å². The van der Waals surface area contributed by atoms with Crippen LogP contribution in [0.1, 0.15) is 17.5 Å². The predicted molar refractivity (Wildman–Crippen MR) is 157 cm³/mol. The van der Waals surface area contributed by atoms with Crippen LogP contribution in [0.25, 0.3) is 10.9 Å². The Bertz CT molecular complexity index is 1450. The number of para-hydroxylation sites is 1. The van der Waals surface area contributed by atoms with E-state index in [1.165, 1.54) is 11.1 Å². The molecule has 0 unspecified atom stereocenters. The zero-order chi connectivity index (χ0) is 25.3. The molecule has 5 rings (SSSR count). The average molecular weight is 527 g/mol. The van der Waals surface area contributed by atoms with Crippen molar-refractivity contribution in [2.75, 3.05) is 23.8 Å². The van der Waals surface area contributed by atoms with Crippen LogP contribution in [-0.2, 0) is 11.3 Å². The molecule has 0 atom stereocenters. The van der Waals surface area contributed by atoms with E-state index in [2.05, 4.69) is 41.8 Å². The van der Waals surface area contributed by atoms with E-state index >= 15 is 0 Å². The number of hydrogen-bond donors (Lipinski definition) is 2. The van der Waals surface area contributed by atoms with Gasteiger partial charge in [0.15, 0.2) is 0 Å². The summed E-state index contributed by atoms with van der Waals surface area (Å²) in [5.74, 6) is 2.10. The number of fused-ring (bicyclic) bond motifs is 1. The molecule has 0 aliphatic carbocycles. The molecule has 0 amide bonds. The number of rotatable bonds is 11. The number of hydrogen-bond acceptors (Lipinski definition) is 6. The fourth-order valence-electron chi connectivity index (χ4n) is 3.97. The van der Waals surface area contributed by atoms with Gasteiger partial charge in [0.1, 0.15) is 11.6 Å². The second kappa shape index (κ2) is 13.4. The Balaban J connectivity index is 0.00000336. The monoisotopic (exact) mass is 526 g/mol. The summed E-state index contributed by atoms with van der Waals surface area (Å²) in [7, 11) is 0. The average Bonchev–Trinajstić information content (AvgIpc) is 2.92. The van der Waals surface area contributed by atoms with Gasteiger partial charge in [-0.25, -0.2) is 4.98 Å². The summed E-state index contributed by atoms with van der Waals surface area (Å²) in [6.45, 7) is 3.96. The minimum absolute atomic E-state index is 0. The van der Waals surface area contributed by atoms with Gasteiger partial charge in [-0.05, 0) is 66.6 Å². The SMILES string of the molecule is Cc1cccc(Nc2nc(Nc3ccc(OCCCOCc4ccccc4)cc3)nc3ccccc23)c1.Cl. The van der Waals surface area contributed by atoms with Gasteiger partial charge in [-0.3, -0.25) is 0 Å². The van der Waals surface area contributed by atoms with Gasteiger partial charge in [0, 0.05) is 23.2 Å². The number of halogens is 1. The van der Waals surface area contributed by atoms with Crippen molar-refractivity contribution in [2.24, 2.45) is 0 Å². The van der Waals surface area contributed by atoms with Gasteiger partial charge in [-0.1, -0.05) is 54.6 Å². The first-order valence-corrected chi connectivity index (χ1v) is 12.4. The van der Waals surface area contributed by atoms with Crippen LogP contribution in [0.3, 0.4) is 0 Å².